The van der Waals surface area contributed by atoms with Gasteiger partial charge in [0.15, 0.2) is 0 Å². The number of carboxylic acids is 1. The molecule has 0 saturated carbocycles. The Morgan fingerprint density at radius 2 is 1.71 bits per heavy atom. The van der Waals surface area contributed by atoms with Crippen molar-refractivity contribution in [2.75, 3.05) is 0 Å². The molecule has 0 aromatic carbocycles. The third-order valence-corrected chi connectivity index (χ3v) is 3.40. The van der Waals surface area contributed by atoms with Crippen LogP contribution >= 0.6 is 0 Å². The Hall–Kier alpha value is -1.63. The average molecular weight is 345 g/mol. The van der Waals surface area contributed by atoms with Gasteiger partial charge in [0.25, 0.3) is 0 Å². The third kappa shape index (κ3) is 8.86. The lowest BCUT2D eigenvalue weighted by molar-refractivity contribution is -0.216. The highest BCUT2D eigenvalue weighted by Crippen LogP contribution is 2.23. The molecule has 0 aromatic rings. The lowest BCUT2D eigenvalue weighted by atomic mass is 9.92. The van der Waals surface area contributed by atoms with E-state index >= 15 is 0 Å². The Bertz CT molecular complexity index is 408. The summed E-state index contributed by atoms with van der Waals surface area (Å²) in [6.07, 6.45) is -0.816. The maximum Gasteiger partial charge on any atom is 0.310 e. The number of hydrogen-bond acceptors (Lipinski definition) is 5. The van der Waals surface area contributed by atoms with E-state index in [9.17, 15) is 14.4 Å². The molecule has 0 fully saturated rings. The Kier molecular flexibility index (Phi) is 10.3. The zero-order valence-corrected chi connectivity index (χ0v) is 15.4. The first-order chi connectivity index (χ1) is 11.1. The molecule has 0 saturated heterocycles. The van der Waals surface area contributed by atoms with Crippen LogP contribution in [0, 0.1) is 23.7 Å². The standard InChI is InChI=1S/C17H31NO6/c1-10(2)7-13(8-14(20)21)15(18-9-19)23-17(12(5)6)24-16(22)11(3)4/h9-13,15,17H,7-8H2,1-6H3,(H,18,19)(H,20,21)/t13-,15?,17-/m0/s1. The van der Waals surface area contributed by atoms with Gasteiger partial charge in [-0.05, 0) is 12.3 Å². The second-order valence-corrected chi connectivity index (χ2v) is 7.03. The molecule has 140 valence electrons. The van der Waals surface area contributed by atoms with Crippen LogP contribution in [0.3, 0.4) is 0 Å². The molecule has 0 aliphatic carbocycles. The summed E-state index contributed by atoms with van der Waals surface area (Å²) < 4.78 is 11.1. The Morgan fingerprint density at radius 1 is 1.12 bits per heavy atom. The summed E-state index contributed by atoms with van der Waals surface area (Å²) in [5, 5.41) is 11.6. The predicted octanol–water partition coefficient (Wildman–Crippen LogP) is 2.39. The van der Waals surface area contributed by atoms with E-state index in [2.05, 4.69) is 5.32 Å². The van der Waals surface area contributed by atoms with Crippen LogP contribution in [0.5, 0.6) is 0 Å². The molecule has 0 bridgehead atoms. The quantitative estimate of drug-likeness (QED) is 0.320. The predicted molar refractivity (Wildman–Crippen MR) is 88.8 cm³/mol. The smallest absolute Gasteiger partial charge is 0.310 e. The highest BCUT2D eigenvalue weighted by molar-refractivity contribution is 5.71. The number of ether oxygens (including phenoxy) is 2. The summed E-state index contributed by atoms with van der Waals surface area (Å²) in [4.78, 5) is 33.9. The van der Waals surface area contributed by atoms with Gasteiger partial charge in [0.2, 0.25) is 12.7 Å². The lowest BCUT2D eigenvalue weighted by Gasteiger charge is -2.32. The van der Waals surface area contributed by atoms with Gasteiger partial charge in [-0.25, -0.2) is 0 Å². The van der Waals surface area contributed by atoms with E-state index in [0.29, 0.717) is 12.8 Å². The molecule has 2 N–H and O–H groups in total. The van der Waals surface area contributed by atoms with Crippen LogP contribution in [0.25, 0.3) is 0 Å². The minimum absolute atomic E-state index is 0.145. The normalized spacial score (nSPS) is 15.2. The Labute approximate surface area is 144 Å². The van der Waals surface area contributed by atoms with Gasteiger partial charge in [-0.3, -0.25) is 14.4 Å². The van der Waals surface area contributed by atoms with Gasteiger partial charge in [-0.2, -0.15) is 0 Å². The molecule has 1 unspecified atom stereocenters. The molecular formula is C17H31NO6. The van der Waals surface area contributed by atoms with E-state index in [0.717, 1.165) is 0 Å². The molecule has 0 aliphatic rings. The number of nitrogens with one attached hydrogen (secondary N) is 1. The van der Waals surface area contributed by atoms with Crippen molar-refractivity contribution in [1.29, 1.82) is 0 Å². The number of carboxylic acid groups (broad SMARTS) is 1. The molecular weight excluding hydrogens is 314 g/mol. The fourth-order valence-corrected chi connectivity index (χ4v) is 2.21. The first-order valence-corrected chi connectivity index (χ1v) is 8.35. The topological polar surface area (TPSA) is 102 Å². The van der Waals surface area contributed by atoms with Crippen LogP contribution in [0.2, 0.25) is 0 Å². The zero-order valence-electron chi connectivity index (χ0n) is 15.4. The molecule has 7 heteroatoms. The summed E-state index contributed by atoms with van der Waals surface area (Å²) in [5.74, 6) is -2.03. The van der Waals surface area contributed by atoms with Crippen molar-refractivity contribution in [1.82, 2.24) is 5.32 Å². The van der Waals surface area contributed by atoms with Gasteiger partial charge >= 0.3 is 11.9 Å². The van der Waals surface area contributed by atoms with Gasteiger partial charge in [0, 0.05) is 11.8 Å². The van der Waals surface area contributed by atoms with E-state index in [1.165, 1.54) is 0 Å². The minimum Gasteiger partial charge on any atom is -0.481 e. The molecule has 0 aliphatic heterocycles. The van der Waals surface area contributed by atoms with Gasteiger partial charge in [-0.1, -0.05) is 41.5 Å². The average Bonchev–Trinajstić information content (AvgIpc) is 2.43. The molecule has 0 aromatic heterocycles. The van der Waals surface area contributed by atoms with Crippen LogP contribution in [0.15, 0.2) is 0 Å². The molecule has 3 atom stereocenters. The molecule has 24 heavy (non-hydrogen) atoms. The fourth-order valence-electron chi connectivity index (χ4n) is 2.21. The van der Waals surface area contributed by atoms with Crippen molar-refractivity contribution >= 4 is 18.3 Å². The van der Waals surface area contributed by atoms with Crippen molar-refractivity contribution in [3.05, 3.63) is 0 Å². The fraction of sp³-hybridized carbons (Fsp3) is 0.824. The largest absolute Gasteiger partial charge is 0.481 e. The number of aliphatic carboxylic acids is 1. The highest BCUT2D eigenvalue weighted by Gasteiger charge is 2.31. The van der Waals surface area contributed by atoms with Crippen molar-refractivity contribution in [2.45, 2.75) is 66.9 Å². The zero-order chi connectivity index (χ0) is 18.9. The number of hydrogen-bond donors (Lipinski definition) is 2. The monoisotopic (exact) mass is 345 g/mol. The van der Waals surface area contributed by atoms with Crippen molar-refractivity contribution in [3.63, 3.8) is 0 Å². The van der Waals surface area contributed by atoms with E-state index in [1.807, 2.05) is 27.7 Å². The van der Waals surface area contributed by atoms with Crippen molar-refractivity contribution in [3.8, 4) is 0 Å². The van der Waals surface area contributed by atoms with Gasteiger partial charge < -0.3 is 19.9 Å². The molecule has 0 heterocycles. The van der Waals surface area contributed by atoms with E-state index in [1.54, 1.807) is 13.8 Å². The summed E-state index contributed by atoms with van der Waals surface area (Å²) in [7, 11) is 0. The maximum absolute atomic E-state index is 11.8. The Morgan fingerprint density at radius 3 is 2.08 bits per heavy atom. The van der Waals surface area contributed by atoms with Crippen molar-refractivity contribution in [2.24, 2.45) is 23.7 Å². The van der Waals surface area contributed by atoms with E-state index in [-0.39, 0.29) is 24.2 Å². The number of esters is 1. The second kappa shape index (κ2) is 11.0. The summed E-state index contributed by atoms with van der Waals surface area (Å²) in [6.45, 7) is 11.0. The van der Waals surface area contributed by atoms with Gasteiger partial charge in [-0.15, -0.1) is 0 Å². The molecule has 0 spiro atoms. The Balaban J connectivity index is 5.22. The molecule has 7 nitrogen and oxygen atoms in total. The first-order valence-electron chi connectivity index (χ1n) is 8.35. The second-order valence-electron chi connectivity index (χ2n) is 7.03. The molecule has 0 rings (SSSR count). The van der Waals surface area contributed by atoms with E-state index in [4.69, 9.17) is 14.6 Å². The van der Waals surface area contributed by atoms with Crippen LogP contribution in [-0.4, -0.2) is 36.0 Å². The SMILES string of the molecule is CC(C)C[C@@H](CC(=O)O)C(NC=O)O[C@@H](OC(=O)C(C)C)C(C)C. The summed E-state index contributed by atoms with van der Waals surface area (Å²) in [5.41, 5.74) is 0. The van der Waals surface area contributed by atoms with Crippen LogP contribution in [0.1, 0.15) is 54.4 Å². The van der Waals surface area contributed by atoms with Crippen LogP contribution in [0.4, 0.5) is 0 Å². The summed E-state index contributed by atoms with van der Waals surface area (Å²) >= 11 is 0. The number of carbonyl (C=O) groups excluding carboxylic acids is 2. The number of rotatable bonds is 12. The van der Waals surface area contributed by atoms with Gasteiger partial charge in [0.1, 0.15) is 6.23 Å². The van der Waals surface area contributed by atoms with E-state index < -0.39 is 30.4 Å². The van der Waals surface area contributed by atoms with Crippen LogP contribution < -0.4 is 5.32 Å². The highest BCUT2D eigenvalue weighted by atomic mass is 16.7. The third-order valence-electron chi connectivity index (χ3n) is 3.40. The lowest BCUT2D eigenvalue weighted by Crippen LogP contribution is -2.44. The number of amides is 1. The number of carbonyl (C=O) groups is 3. The van der Waals surface area contributed by atoms with Gasteiger partial charge in [0.05, 0.1) is 12.3 Å². The molecule has 0 radical (unpaired) electrons. The maximum atomic E-state index is 11.8. The first kappa shape index (κ1) is 22.4. The molecule has 1 amide bonds. The summed E-state index contributed by atoms with van der Waals surface area (Å²) in [6, 6.07) is 0. The minimum atomic E-state index is -0.970. The van der Waals surface area contributed by atoms with Crippen LogP contribution in [-0.2, 0) is 23.9 Å². The van der Waals surface area contributed by atoms with Crippen molar-refractivity contribution < 1.29 is 29.0 Å².